The minimum absolute atomic E-state index is 0.114. The molecule has 3 heteroatoms. The highest BCUT2D eigenvalue weighted by Crippen LogP contribution is 2.37. The molecular weight excluding hydrogens is 203 g/mol. The van der Waals surface area contributed by atoms with Gasteiger partial charge in [0.05, 0.1) is 0 Å². The largest absolute Gasteiger partial charge is 0.546 e. The van der Waals surface area contributed by atoms with Gasteiger partial charge in [-0.1, -0.05) is 42.5 Å². The average Bonchev–Trinajstić information content (AvgIpc) is 2.74. The fourth-order valence-corrected chi connectivity index (χ4v) is 2.71. The molecule has 0 saturated heterocycles. The Labute approximate surface area is 93.5 Å². The number of hydrogen-bond acceptors (Lipinski definition) is 2. The Balaban J connectivity index is 1.91. The first-order valence-corrected chi connectivity index (χ1v) is 5.79. The molecule has 1 nitrogen and oxygen atoms in total. The quantitative estimate of drug-likeness (QED) is 0.672. The number of benzene rings is 2. The van der Waals surface area contributed by atoms with E-state index in [9.17, 15) is 0 Å². The smallest absolute Gasteiger partial charge is 0.467 e. The summed E-state index contributed by atoms with van der Waals surface area (Å²) in [6.07, 6.45) is 0.114. The third kappa shape index (κ3) is 1.63. The SMILES string of the molecule is c1ccc(B2Oc3ccccc3S2)cc1. The number of hydrogen-bond donors (Lipinski definition) is 0. The van der Waals surface area contributed by atoms with E-state index < -0.39 is 0 Å². The Kier molecular flexibility index (Phi) is 2.18. The minimum atomic E-state index is 0.114. The van der Waals surface area contributed by atoms with Crippen molar-refractivity contribution in [1.29, 1.82) is 0 Å². The van der Waals surface area contributed by atoms with Crippen molar-refractivity contribution in [2.24, 2.45) is 0 Å². The lowest BCUT2D eigenvalue weighted by molar-refractivity contribution is 0.593. The van der Waals surface area contributed by atoms with Crippen molar-refractivity contribution < 1.29 is 4.65 Å². The summed E-state index contributed by atoms with van der Waals surface area (Å²) in [7, 11) is 0. The number of rotatable bonds is 1. The molecule has 0 N–H and O–H groups in total. The highest BCUT2D eigenvalue weighted by Gasteiger charge is 2.30. The fraction of sp³-hybridized carbons (Fsp3) is 0. The molecule has 0 aliphatic carbocycles. The molecule has 2 aromatic carbocycles. The van der Waals surface area contributed by atoms with Crippen molar-refractivity contribution in [3.63, 3.8) is 0 Å². The maximum absolute atomic E-state index is 5.86. The van der Waals surface area contributed by atoms with Crippen molar-refractivity contribution in [2.75, 3.05) is 0 Å². The molecular formula is C12H9BOS. The third-order valence-electron chi connectivity index (χ3n) is 2.39. The van der Waals surface area contributed by atoms with Gasteiger partial charge in [-0.15, -0.1) is 11.6 Å². The van der Waals surface area contributed by atoms with E-state index in [4.69, 9.17) is 4.65 Å². The lowest BCUT2D eigenvalue weighted by Gasteiger charge is -2.04. The first kappa shape index (κ1) is 8.92. The first-order valence-electron chi connectivity index (χ1n) is 4.91. The van der Waals surface area contributed by atoms with Crippen LogP contribution in [0.1, 0.15) is 0 Å². The summed E-state index contributed by atoms with van der Waals surface area (Å²) in [6.45, 7) is 0. The molecule has 0 bridgehead atoms. The number of para-hydroxylation sites is 1. The molecule has 1 aliphatic rings. The fourth-order valence-electron chi connectivity index (χ4n) is 1.65. The summed E-state index contributed by atoms with van der Waals surface area (Å²) < 4.78 is 5.86. The van der Waals surface area contributed by atoms with Crippen LogP contribution in [0.25, 0.3) is 0 Å². The zero-order chi connectivity index (χ0) is 10.1. The highest BCUT2D eigenvalue weighted by molar-refractivity contribution is 8.26. The van der Waals surface area contributed by atoms with Gasteiger partial charge < -0.3 is 4.65 Å². The van der Waals surface area contributed by atoms with Gasteiger partial charge in [-0.3, -0.25) is 0 Å². The van der Waals surface area contributed by atoms with Crippen LogP contribution >= 0.6 is 11.6 Å². The minimum Gasteiger partial charge on any atom is -0.546 e. The summed E-state index contributed by atoms with van der Waals surface area (Å²) in [4.78, 5) is 1.23. The van der Waals surface area contributed by atoms with Crippen LogP contribution in [0.3, 0.4) is 0 Å². The van der Waals surface area contributed by atoms with Crippen molar-refractivity contribution >= 4 is 23.3 Å². The van der Waals surface area contributed by atoms with Crippen LogP contribution in [-0.4, -0.2) is 6.19 Å². The van der Waals surface area contributed by atoms with Gasteiger partial charge in [-0.05, 0) is 17.6 Å². The Morgan fingerprint density at radius 1 is 0.867 bits per heavy atom. The van der Waals surface area contributed by atoms with Crippen LogP contribution in [-0.2, 0) is 0 Å². The second-order valence-corrected chi connectivity index (χ2v) is 4.53. The summed E-state index contributed by atoms with van der Waals surface area (Å²) in [6, 6.07) is 18.5. The van der Waals surface area contributed by atoms with Crippen LogP contribution in [0.4, 0.5) is 0 Å². The molecule has 0 amide bonds. The van der Waals surface area contributed by atoms with Gasteiger partial charge in [-0.2, -0.15) is 0 Å². The zero-order valence-electron chi connectivity index (χ0n) is 8.09. The van der Waals surface area contributed by atoms with Crippen LogP contribution in [0.2, 0.25) is 0 Å². The molecule has 1 aliphatic heterocycles. The van der Waals surface area contributed by atoms with E-state index in [1.807, 2.05) is 36.4 Å². The van der Waals surface area contributed by atoms with Gasteiger partial charge in [-0.25, -0.2) is 0 Å². The summed E-state index contributed by atoms with van der Waals surface area (Å²) >= 11 is 1.77. The third-order valence-corrected chi connectivity index (χ3v) is 3.56. The normalized spacial score (nSPS) is 13.5. The molecule has 0 atom stereocenters. The average molecular weight is 212 g/mol. The molecule has 0 radical (unpaired) electrons. The van der Waals surface area contributed by atoms with Gasteiger partial charge in [0.1, 0.15) is 5.75 Å². The van der Waals surface area contributed by atoms with Gasteiger partial charge in [0, 0.05) is 4.90 Å². The summed E-state index contributed by atoms with van der Waals surface area (Å²) in [5.74, 6) is 0.997. The van der Waals surface area contributed by atoms with Crippen molar-refractivity contribution in [3.8, 4) is 5.75 Å². The maximum Gasteiger partial charge on any atom is 0.467 e. The predicted octanol–water partition coefficient (Wildman–Crippen LogP) is 2.57. The van der Waals surface area contributed by atoms with E-state index in [1.54, 1.807) is 11.6 Å². The van der Waals surface area contributed by atoms with Crippen molar-refractivity contribution in [1.82, 2.24) is 0 Å². The molecule has 1 heterocycles. The Morgan fingerprint density at radius 2 is 1.60 bits per heavy atom. The van der Waals surface area contributed by atoms with E-state index in [0.717, 1.165) is 5.75 Å². The van der Waals surface area contributed by atoms with E-state index in [-0.39, 0.29) is 6.19 Å². The molecule has 0 spiro atoms. The van der Waals surface area contributed by atoms with E-state index in [0.29, 0.717) is 0 Å². The molecule has 2 aromatic rings. The highest BCUT2D eigenvalue weighted by atomic mass is 32.2. The summed E-state index contributed by atoms with van der Waals surface area (Å²) in [5.41, 5.74) is 1.22. The van der Waals surface area contributed by atoms with Crippen LogP contribution in [0, 0.1) is 0 Å². The zero-order valence-corrected chi connectivity index (χ0v) is 8.91. The van der Waals surface area contributed by atoms with Gasteiger partial charge >= 0.3 is 6.19 Å². The second-order valence-electron chi connectivity index (χ2n) is 3.43. The standard InChI is InChI=1S/C12H9BOS/c1-2-6-10(7-3-1)13-14-11-8-4-5-9-12(11)15-13/h1-9H. The molecule has 0 fully saturated rings. The van der Waals surface area contributed by atoms with E-state index in [1.165, 1.54) is 10.4 Å². The Bertz CT molecular complexity index is 447. The molecule has 72 valence electrons. The molecule has 0 unspecified atom stereocenters. The monoisotopic (exact) mass is 212 g/mol. The molecule has 0 saturated carbocycles. The lowest BCUT2D eigenvalue weighted by atomic mass is 9.86. The molecule has 15 heavy (non-hydrogen) atoms. The van der Waals surface area contributed by atoms with Crippen LogP contribution in [0.15, 0.2) is 59.5 Å². The lowest BCUT2D eigenvalue weighted by Crippen LogP contribution is -2.30. The van der Waals surface area contributed by atoms with Crippen molar-refractivity contribution in [2.45, 2.75) is 4.90 Å². The Morgan fingerprint density at radius 3 is 2.40 bits per heavy atom. The topological polar surface area (TPSA) is 9.23 Å². The summed E-state index contributed by atoms with van der Waals surface area (Å²) in [5, 5.41) is 0. The predicted molar refractivity (Wildman–Crippen MR) is 64.8 cm³/mol. The van der Waals surface area contributed by atoms with Crippen LogP contribution in [0.5, 0.6) is 5.75 Å². The number of fused-ring (bicyclic) bond motifs is 1. The van der Waals surface area contributed by atoms with Crippen LogP contribution < -0.4 is 10.1 Å². The maximum atomic E-state index is 5.86. The van der Waals surface area contributed by atoms with Gasteiger partial charge in [0.15, 0.2) is 0 Å². The van der Waals surface area contributed by atoms with E-state index >= 15 is 0 Å². The van der Waals surface area contributed by atoms with Gasteiger partial charge in [0.25, 0.3) is 0 Å². The molecule has 3 rings (SSSR count). The Hall–Kier alpha value is -1.35. The molecule has 0 aromatic heterocycles. The van der Waals surface area contributed by atoms with Gasteiger partial charge in [0.2, 0.25) is 0 Å². The second kappa shape index (κ2) is 3.67. The van der Waals surface area contributed by atoms with E-state index in [2.05, 4.69) is 18.2 Å². The van der Waals surface area contributed by atoms with Crippen molar-refractivity contribution in [3.05, 3.63) is 54.6 Å². The first-order chi connectivity index (χ1) is 7.43.